The van der Waals surface area contributed by atoms with E-state index in [1.54, 1.807) is 0 Å². The van der Waals surface area contributed by atoms with Gasteiger partial charge in [0.25, 0.3) is 0 Å². The zero-order chi connectivity index (χ0) is 13.8. The number of anilines is 1. The molecule has 104 valence electrons. The highest BCUT2D eigenvalue weighted by atomic mass is 15.2. The standard InChI is InChI=1S/C18H22N2/c1-15-13-17-9-5-6-10-18(17)20(15)12-11-19-14-16-7-3-2-4-8-16/h2-10,15,19H,11-14H2,1H3. The maximum atomic E-state index is 3.54. The smallest absolute Gasteiger partial charge is 0.0402 e. The number of hydrogen-bond acceptors (Lipinski definition) is 2. The van der Waals surface area contributed by atoms with Gasteiger partial charge in [-0.3, -0.25) is 0 Å². The van der Waals surface area contributed by atoms with Crippen LogP contribution in [-0.2, 0) is 13.0 Å². The van der Waals surface area contributed by atoms with E-state index in [0.717, 1.165) is 19.6 Å². The van der Waals surface area contributed by atoms with Gasteiger partial charge >= 0.3 is 0 Å². The first-order valence-electron chi connectivity index (χ1n) is 7.44. The fourth-order valence-corrected chi connectivity index (χ4v) is 3.00. The molecule has 2 aromatic carbocycles. The van der Waals surface area contributed by atoms with Crippen molar-refractivity contribution in [2.75, 3.05) is 18.0 Å². The summed E-state index contributed by atoms with van der Waals surface area (Å²) in [5.41, 5.74) is 4.26. The van der Waals surface area contributed by atoms with Crippen molar-refractivity contribution in [3.63, 3.8) is 0 Å². The number of fused-ring (bicyclic) bond motifs is 1. The third kappa shape index (κ3) is 2.86. The van der Waals surface area contributed by atoms with Crippen LogP contribution in [0.1, 0.15) is 18.1 Å². The summed E-state index contributed by atoms with van der Waals surface area (Å²) in [6.45, 7) is 5.36. The lowest BCUT2D eigenvalue weighted by atomic mass is 10.1. The van der Waals surface area contributed by atoms with Gasteiger partial charge in [-0.15, -0.1) is 0 Å². The van der Waals surface area contributed by atoms with Crippen molar-refractivity contribution in [3.8, 4) is 0 Å². The van der Waals surface area contributed by atoms with Gasteiger partial charge in [-0.2, -0.15) is 0 Å². The van der Waals surface area contributed by atoms with E-state index in [1.807, 2.05) is 0 Å². The highest BCUT2D eigenvalue weighted by Gasteiger charge is 2.24. The molecular formula is C18H22N2. The average molecular weight is 266 g/mol. The maximum Gasteiger partial charge on any atom is 0.0402 e. The summed E-state index contributed by atoms with van der Waals surface area (Å²) in [5.74, 6) is 0. The summed E-state index contributed by atoms with van der Waals surface area (Å²) in [6.07, 6.45) is 1.18. The zero-order valence-corrected chi connectivity index (χ0v) is 12.0. The summed E-state index contributed by atoms with van der Waals surface area (Å²) in [5, 5.41) is 3.54. The molecule has 0 radical (unpaired) electrons. The van der Waals surface area contributed by atoms with Crippen LogP contribution in [0.15, 0.2) is 54.6 Å². The van der Waals surface area contributed by atoms with Crippen LogP contribution in [0, 0.1) is 0 Å². The monoisotopic (exact) mass is 266 g/mol. The first-order chi connectivity index (χ1) is 9.84. The Labute approximate surface area is 121 Å². The Bertz CT molecular complexity index is 550. The van der Waals surface area contributed by atoms with Crippen molar-refractivity contribution in [2.24, 2.45) is 0 Å². The van der Waals surface area contributed by atoms with E-state index in [2.05, 4.69) is 71.7 Å². The summed E-state index contributed by atoms with van der Waals surface area (Å²) in [6, 6.07) is 20.0. The van der Waals surface area contributed by atoms with Gasteiger partial charge in [0.15, 0.2) is 0 Å². The summed E-state index contributed by atoms with van der Waals surface area (Å²) in [7, 11) is 0. The molecule has 1 heterocycles. The van der Waals surface area contributed by atoms with E-state index in [0.29, 0.717) is 6.04 Å². The molecule has 1 unspecified atom stereocenters. The quantitative estimate of drug-likeness (QED) is 0.836. The van der Waals surface area contributed by atoms with Crippen molar-refractivity contribution >= 4 is 5.69 Å². The van der Waals surface area contributed by atoms with E-state index in [1.165, 1.54) is 23.2 Å². The van der Waals surface area contributed by atoms with Crippen molar-refractivity contribution < 1.29 is 0 Å². The van der Waals surface area contributed by atoms with Gasteiger partial charge in [0.1, 0.15) is 0 Å². The second-order valence-corrected chi connectivity index (χ2v) is 5.54. The van der Waals surface area contributed by atoms with Crippen LogP contribution in [0.5, 0.6) is 0 Å². The Balaban J connectivity index is 1.52. The lowest BCUT2D eigenvalue weighted by Crippen LogP contribution is -2.35. The fourth-order valence-electron chi connectivity index (χ4n) is 3.00. The minimum absolute atomic E-state index is 0.617. The summed E-state index contributed by atoms with van der Waals surface area (Å²) in [4.78, 5) is 2.52. The van der Waals surface area contributed by atoms with Crippen LogP contribution in [0.25, 0.3) is 0 Å². The van der Waals surface area contributed by atoms with Gasteiger partial charge in [0, 0.05) is 31.4 Å². The van der Waals surface area contributed by atoms with Crippen molar-refractivity contribution in [3.05, 3.63) is 65.7 Å². The van der Waals surface area contributed by atoms with Crippen LogP contribution in [0.4, 0.5) is 5.69 Å². The van der Waals surface area contributed by atoms with Crippen LogP contribution in [0.3, 0.4) is 0 Å². The minimum atomic E-state index is 0.617. The molecule has 0 amide bonds. The Morgan fingerprint density at radius 2 is 1.80 bits per heavy atom. The number of para-hydroxylation sites is 1. The molecule has 0 fully saturated rings. The first kappa shape index (κ1) is 13.2. The van der Waals surface area contributed by atoms with Crippen LogP contribution in [-0.4, -0.2) is 19.1 Å². The number of hydrogen-bond donors (Lipinski definition) is 1. The Morgan fingerprint density at radius 1 is 1.05 bits per heavy atom. The van der Waals surface area contributed by atoms with E-state index < -0.39 is 0 Å². The van der Waals surface area contributed by atoms with Crippen molar-refractivity contribution in [1.82, 2.24) is 5.32 Å². The van der Waals surface area contributed by atoms with Crippen molar-refractivity contribution in [2.45, 2.75) is 25.9 Å². The summed E-state index contributed by atoms with van der Waals surface area (Å²) >= 11 is 0. The Morgan fingerprint density at radius 3 is 2.65 bits per heavy atom. The van der Waals surface area contributed by atoms with E-state index >= 15 is 0 Å². The van der Waals surface area contributed by atoms with Crippen LogP contribution in [0.2, 0.25) is 0 Å². The second kappa shape index (κ2) is 6.10. The number of nitrogens with zero attached hydrogens (tertiary/aromatic N) is 1. The Kier molecular flexibility index (Phi) is 4.03. The average Bonchev–Trinajstić information content (AvgIpc) is 2.80. The molecule has 0 spiro atoms. The molecule has 20 heavy (non-hydrogen) atoms. The predicted molar refractivity (Wildman–Crippen MR) is 85.1 cm³/mol. The molecule has 0 saturated heterocycles. The first-order valence-corrected chi connectivity index (χ1v) is 7.44. The highest BCUT2D eigenvalue weighted by Crippen LogP contribution is 2.31. The zero-order valence-electron chi connectivity index (χ0n) is 12.0. The van der Waals surface area contributed by atoms with E-state index in [-0.39, 0.29) is 0 Å². The number of nitrogens with one attached hydrogen (secondary N) is 1. The maximum absolute atomic E-state index is 3.54. The predicted octanol–water partition coefficient (Wildman–Crippen LogP) is 3.23. The Hall–Kier alpha value is -1.80. The second-order valence-electron chi connectivity index (χ2n) is 5.54. The lowest BCUT2D eigenvalue weighted by Gasteiger charge is -2.25. The molecule has 1 aliphatic rings. The molecule has 2 nitrogen and oxygen atoms in total. The van der Waals surface area contributed by atoms with Crippen molar-refractivity contribution in [1.29, 1.82) is 0 Å². The molecule has 0 saturated carbocycles. The molecule has 1 atom stereocenters. The molecule has 0 aliphatic carbocycles. The van der Waals surface area contributed by atoms with Crippen LogP contribution < -0.4 is 10.2 Å². The minimum Gasteiger partial charge on any atom is -0.367 e. The molecule has 0 aromatic heterocycles. The largest absolute Gasteiger partial charge is 0.367 e. The number of benzene rings is 2. The van der Waals surface area contributed by atoms with Gasteiger partial charge in [0.2, 0.25) is 0 Å². The molecule has 2 heteroatoms. The van der Waals surface area contributed by atoms with Gasteiger partial charge in [0.05, 0.1) is 0 Å². The van der Waals surface area contributed by atoms with Gasteiger partial charge < -0.3 is 10.2 Å². The van der Waals surface area contributed by atoms with Crippen LogP contribution >= 0.6 is 0 Å². The molecular weight excluding hydrogens is 244 g/mol. The molecule has 3 rings (SSSR count). The topological polar surface area (TPSA) is 15.3 Å². The number of rotatable bonds is 5. The van der Waals surface area contributed by atoms with E-state index in [4.69, 9.17) is 0 Å². The highest BCUT2D eigenvalue weighted by molar-refractivity contribution is 5.59. The third-order valence-electron chi connectivity index (χ3n) is 4.05. The molecule has 1 N–H and O–H groups in total. The fraction of sp³-hybridized carbons (Fsp3) is 0.333. The normalized spacial score (nSPS) is 17.2. The molecule has 2 aromatic rings. The summed E-state index contributed by atoms with van der Waals surface area (Å²) < 4.78 is 0. The molecule has 1 aliphatic heterocycles. The van der Waals surface area contributed by atoms with Gasteiger partial charge in [-0.25, -0.2) is 0 Å². The van der Waals surface area contributed by atoms with Gasteiger partial charge in [-0.05, 0) is 30.5 Å². The lowest BCUT2D eigenvalue weighted by molar-refractivity contribution is 0.618. The van der Waals surface area contributed by atoms with E-state index in [9.17, 15) is 0 Å². The SMILES string of the molecule is CC1Cc2ccccc2N1CCNCc1ccccc1. The third-order valence-corrected chi connectivity index (χ3v) is 4.05. The molecule has 0 bridgehead atoms. The van der Waals surface area contributed by atoms with Gasteiger partial charge in [-0.1, -0.05) is 48.5 Å².